The van der Waals surface area contributed by atoms with Crippen molar-refractivity contribution in [2.75, 3.05) is 7.11 Å². The van der Waals surface area contributed by atoms with Gasteiger partial charge in [-0.25, -0.2) is 4.79 Å². The summed E-state index contributed by atoms with van der Waals surface area (Å²) in [5.41, 5.74) is 0. The fourth-order valence-corrected chi connectivity index (χ4v) is 2.15. The zero-order valence-corrected chi connectivity index (χ0v) is 9.23. The second-order valence-corrected chi connectivity index (χ2v) is 3.72. The lowest BCUT2D eigenvalue weighted by atomic mass is 10.1. The van der Waals surface area contributed by atoms with Crippen LogP contribution >= 0.6 is 0 Å². The standard InChI is InChI=1S/C11H17NO3/c1-4-5-9-6-7-10(11(14)15-3)12(9)8(2)13/h4,9-10H,1,5-7H2,2-3H3/t9?,10-/m0/s1. The molecular weight excluding hydrogens is 194 g/mol. The molecule has 0 spiro atoms. The van der Waals surface area contributed by atoms with Gasteiger partial charge >= 0.3 is 5.97 Å². The van der Waals surface area contributed by atoms with Crippen LogP contribution in [0.25, 0.3) is 0 Å². The molecule has 0 bridgehead atoms. The van der Waals surface area contributed by atoms with Crippen LogP contribution in [0.2, 0.25) is 0 Å². The van der Waals surface area contributed by atoms with Crippen LogP contribution in [-0.2, 0) is 14.3 Å². The normalized spacial score (nSPS) is 25.1. The average Bonchev–Trinajstić information content (AvgIpc) is 2.61. The Kier molecular flexibility index (Phi) is 3.88. The third kappa shape index (κ3) is 2.37. The topological polar surface area (TPSA) is 46.6 Å². The molecule has 4 heteroatoms. The highest BCUT2D eigenvalue weighted by Crippen LogP contribution is 2.27. The van der Waals surface area contributed by atoms with Crippen molar-refractivity contribution in [1.82, 2.24) is 4.90 Å². The molecule has 1 unspecified atom stereocenters. The van der Waals surface area contributed by atoms with Gasteiger partial charge in [-0.1, -0.05) is 6.08 Å². The van der Waals surface area contributed by atoms with Crippen LogP contribution in [0.15, 0.2) is 12.7 Å². The van der Waals surface area contributed by atoms with E-state index in [9.17, 15) is 9.59 Å². The van der Waals surface area contributed by atoms with E-state index in [2.05, 4.69) is 11.3 Å². The largest absolute Gasteiger partial charge is 0.467 e. The molecule has 1 aliphatic heterocycles. The van der Waals surface area contributed by atoms with Crippen LogP contribution in [0.3, 0.4) is 0 Å². The molecule has 1 fully saturated rings. The predicted molar refractivity (Wildman–Crippen MR) is 56.2 cm³/mol. The van der Waals surface area contributed by atoms with E-state index in [1.807, 2.05) is 0 Å². The van der Waals surface area contributed by atoms with Gasteiger partial charge in [0.05, 0.1) is 7.11 Å². The molecule has 4 nitrogen and oxygen atoms in total. The number of nitrogens with zero attached hydrogens (tertiary/aromatic N) is 1. The van der Waals surface area contributed by atoms with Gasteiger partial charge in [-0.2, -0.15) is 0 Å². The highest BCUT2D eigenvalue weighted by Gasteiger charge is 2.39. The van der Waals surface area contributed by atoms with Crippen molar-refractivity contribution in [1.29, 1.82) is 0 Å². The molecule has 0 aromatic heterocycles. The quantitative estimate of drug-likeness (QED) is 0.519. The minimum absolute atomic E-state index is 0.0743. The summed E-state index contributed by atoms with van der Waals surface area (Å²) in [6.07, 6.45) is 4.03. The maximum atomic E-state index is 11.4. The first-order chi connectivity index (χ1) is 7.11. The molecule has 1 heterocycles. The Hall–Kier alpha value is -1.32. The Bertz CT molecular complexity index is 275. The molecular formula is C11H17NO3. The van der Waals surface area contributed by atoms with E-state index in [-0.39, 0.29) is 17.9 Å². The van der Waals surface area contributed by atoms with Crippen LogP contribution < -0.4 is 0 Å². The summed E-state index contributed by atoms with van der Waals surface area (Å²) in [4.78, 5) is 24.5. The Morgan fingerprint density at radius 1 is 1.53 bits per heavy atom. The first-order valence-electron chi connectivity index (χ1n) is 5.09. The highest BCUT2D eigenvalue weighted by atomic mass is 16.5. The number of ether oxygens (including phenoxy) is 1. The van der Waals surface area contributed by atoms with Gasteiger partial charge in [-0.3, -0.25) is 4.79 Å². The number of hydrogen-bond acceptors (Lipinski definition) is 3. The number of esters is 1. The number of likely N-dealkylation sites (tertiary alicyclic amines) is 1. The summed E-state index contributed by atoms with van der Waals surface area (Å²) in [6.45, 7) is 5.14. The third-order valence-corrected chi connectivity index (χ3v) is 2.78. The average molecular weight is 211 g/mol. The number of carbonyl (C=O) groups excluding carboxylic acids is 2. The summed E-state index contributed by atoms with van der Waals surface area (Å²) < 4.78 is 4.68. The maximum absolute atomic E-state index is 11.4. The van der Waals surface area contributed by atoms with Gasteiger partial charge in [-0.05, 0) is 19.3 Å². The third-order valence-electron chi connectivity index (χ3n) is 2.78. The Balaban J connectivity index is 2.79. The van der Waals surface area contributed by atoms with Crippen LogP contribution in [0.5, 0.6) is 0 Å². The Morgan fingerprint density at radius 3 is 2.67 bits per heavy atom. The van der Waals surface area contributed by atoms with E-state index in [0.29, 0.717) is 6.42 Å². The summed E-state index contributed by atoms with van der Waals surface area (Å²) in [5, 5.41) is 0. The number of methoxy groups -OCH3 is 1. The Labute approximate surface area is 89.9 Å². The van der Waals surface area contributed by atoms with Crippen molar-refractivity contribution in [2.45, 2.75) is 38.3 Å². The van der Waals surface area contributed by atoms with Crippen molar-refractivity contribution in [3.05, 3.63) is 12.7 Å². The second kappa shape index (κ2) is 4.96. The first-order valence-corrected chi connectivity index (χ1v) is 5.09. The van der Waals surface area contributed by atoms with E-state index >= 15 is 0 Å². The lowest BCUT2D eigenvalue weighted by Gasteiger charge is -2.27. The second-order valence-electron chi connectivity index (χ2n) is 3.72. The van der Waals surface area contributed by atoms with Crippen molar-refractivity contribution in [3.8, 4) is 0 Å². The van der Waals surface area contributed by atoms with Gasteiger partial charge in [0, 0.05) is 13.0 Å². The van der Waals surface area contributed by atoms with E-state index in [0.717, 1.165) is 12.8 Å². The molecule has 2 atom stereocenters. The monoisotopic (exact) mass is 211 g/mol. The van der Waals surface area contributed by atoms with Gasteiger partial charge < -0.3 is 9.64 Å². The van der Waals surface area contributed by atoms with Crippen LogP contribution in [0, 0.1) is 0 Å². The summed E-state index contributed by atoms with van der Waals surface area (Å²) >= 11 is 0. The van der Waals surface area contributed by atoms with Crippen molar-refractivity contribution in [2.24, 2.45) is 0 Å². The van der Waals surface area contributed by atoms with E-state index in [4.69, 9.17) is 0 Å². The van der Waals surface area contributed by atoms with E-state index < -0.39 is 6.04 Å². The van der Waals surface area contributed by atoms with Crippen molar-refractivity contribution < 1.29 is 14.3 Å². The molecule has 1 rings (SSSR count). The lowest BCUT2D eigenvalue weighted by Crippen LogP contribution is -2.44. The zero-order chi connectivity index (χ0) is 11.4. The number of amides is 1. The summed E-state index contributed by atoms with van der Waals surface area (Å²) in [7, 11) is 1.35. The fourth-order valence-electron chi connectivity index (χ4n) is 2.15. The number of rotatable bonds is 3. The van der Waals surface area contributed by atoms with Gasteiger partial charge in [0.2, 0.25) is 5.91 Å². The van der Waals surface area contributed by atoms with Gasteiger partial charge in [0.1, 0.15) is 6.04 Å². The molecule has 84 valence electrons. The molecule has 0 aromatic rings. The molecule has 0 aliphatic carbocycles. The van der Waals surface area contributed by atoms with Gasteiger partial charge in [0.15, 0.2) is 0 Å². The van der Waals surface area contributed by atoms with Crippen molar-refractivity contribution in [3.63, 3.8) is 0 Å². The predicted octanol–water partition coefficient (Wildman–Crippen LogP) is 1.11. The molecule has 0 radical (unpaired) electrons. The molecule has 1 amide bonds. The highest BCUT2D eigenvalue weighted by molar-refractivity contribution is 5.84. The molecule has 1 saturated heterocycles. The number of hydrogen-bond donors (Lipinski definition) is 0. The first kappa shape index (κ1) is 11.8. The minimum Gasteiger partial charge on any atom is -0.467 e. The van der Waals surface area contributed by atoms with Crippen LogP contribution in [-0.4, -0.2) is 36.0 Å². The van der Waals surface area contributed by atoms with Gasteiger partial charge in [-0.15, -0.1) is 6.58 Å². The molecule has 1 aliphatic rings. The summed E-state index contributed by atoms with van der Waals surface area (Å²) in [6, 6.07) is -0.304. The minimum atomic E-state index is -0.405. The fraction of sp³-hybridized carbons (Fsp3) is 0.636. The molecule has 15 heavy (non-hydrogen) atoms. The van der Waals surface area contributed by atoms with Gasteiger partial charge in [0.25, 0.3) is 0 Å². The molecule has 0 saturated carbocycles. The van der Waals surface area contributed by atoms with E-state index in [1.54, 1.807) is 11.0 Å². The molecule has 0 aromatic carbocycles. The Morgan fingerprint density at radius 2 is 2.20 bits per heavy atom. The smallest absolute Gasteiger partial charge is 0.328 e. The lowest BCUT2D eigenvalue weighted by molar-refractivity contribution is -0.151. The SMILES string of the molecule is C=CCC1CC[C@@H](C(=O)OC)N1C(C)=O. The van der Waals surface area contributed by atoms with Crippen LogP contribution in [0.1, 0.15) is 26.2 Å². The van der Waals surface area contributed by atoms with Crippen molar-refractivity contribution >= 4 is 11.9 Å². The van der Waals surface area contributed by atoms with E-state index in [1.165, 1.54) is 14.0 Å². The maximum Gasteiger partial charge on any atom is 0.328 e. The number of carbonyl (C=O) groups is 2. The summed E-state index contributed by atoms with van der Waals surface area (Å²) in [5.74, 6) is -0.397. The zero-order valence-electron chi connectivity index (χ0n) is 9.23. The molecule has 0 N–H and O–H groups in total. The van der Waals surface area contributed by atoms with Crippen LogP contribution in [0.4, 0.5) is 0 Å².